The number of rotatable bonds is 5. The smallest absolute Gasteiger partial charge is 0.277 e. The second-order valence-corrected chi connectivity index (χ2v) is 4.90. The molecule has 2 rings (SSSR count). The fourth-order valence-corrected chi connectivity index (χ4v) is 1.86. The second-order valence-electron chi connectivity index (χ2n) is 4.90. The third-order valence-corrected chi connectivity index (χ3v) is 3.00. The zero-order valence-corrected chi connectivity index (χ0v) is 12.5. The second kappa shape index (κ2) is 7.36. The zero-order valence-electron chi connectivity index (χ0n) is 12.5. The summed E-state index contributed by atoms with van der Waals surface area (Å²) >= 11 is 0. The van der Waals surface area contributed by atoms with E-state index >= 15 is 0 Å². The molecule has 0 atom stereocenters. The number of nitrogens with zero attached hydrogens (tertiary/aromatic N) is 1. The number of hydrazone groups is 1. The maximum atomic E-state index is 12.7. The van der Waals surface area contributed by atoms with E-state index in [-0.39, 0.29) is 18.3 Å². The van der Waals surface area contributed by atoms with Gasteiger partial charge in [0.1, 0.15) is 11.6 Å². The SMILES string of the molecule is Cc1ccc(/C=N/NC(=O)COc2ccc(F)cc2)c(C)c1. The number of halogens is 1. The first kappa shape index (κ1) is 15.7. The van der Waals surface area contributed by atoms with Crippen LogP contribution in [0.5, 0.6) is 5.75 Å². The fraction of sp³-hybridized carbons (Fsp3) is 0.176. The van der Waals surface area contributed by atoms with Crippen LogP contribution >= 0.6 is 0 Å². The molecule has 0 saturated heterocycles. The lowest BCUT2D eigenvalue weighted by atomic mass is 10.1. The van der Waals surface area contributed by atoms with Gasteiger partial charge in [-0.2, -0.15) is 5.10 Å². The summed E-state index contributed by atoms with van der Waals surface area (Å²) in [6.45, 7) is 3.81. The van der Waals surface area contributed by atoms with Crippen molar-refractivity contribution < 1.29 is 13.9 Å². The third-order valence-electron chi connectivity index (χ3n) is 3.00. The van der Waals surface area contributed by atoms with Crippen LogP contribution in [0.4, 0.5) is 4.39 Å². The molecule has 0 fully saturated rings. The van der Waals surface area contributed by atoms with E-state index in [4.69, 9.17) is 4.74 Å². The standard InChI is InChI=1S/C17H17FN2O2/c1-12-3-4-14(13(2)9-12)10-19-20-17(21)11-22-16-7-5-15(18)6-8-16/h3-10H,11H2,1-2H3,(H,20,21)/b19-10+. The van der Waals surface area contributed by atoms with Crippen molar-refractivity contribution in [2.45, 2.75) is 13.8 Å². The Hall–Kier alpha value is -2.69. The summed E-state index contributed by atoms with van der Waals surface area (Å²) in [6, 6.07) is 11.4. The number of carbonyl (C=O) groups excluding carboxylic acids is 1. The van der Waals surface area contributed by atoms with E-state index in [0.717, 1.165) is 11.1 Å². The van der Waals surface area contributed by atoms with E-state index in [1.807, 2.05) is 32.0 Å². The Bertz CT molecular complexity index is 682. The maximum Gasteiger partial charge on any atom is 0.277 e. The number of amides is 1. The van der Waals surface area contributed by atoms with Crippen molar-refractivity contribution in [3.8, 4) is 5.75 Å². The van der Waals surface area contributed by atoms with Gasteiger partial charge in [0.2, 0.25) is 0 Å². The van der Waals surface area contributed by atoms with E-state index in [1.165, 1.54) is 29.8 Å². The normalized spacial score (nSPS) is 10.7. The predicted octanol–water partition coefficient (Wildman–Crippen LogP) is 2.97. The lowest BCUT2D eigenvalue weighted by molar-refractivity contribution is -0.123. The minimum Gasteiger partial charge on any atom is -0.484 e. The quantitative estimate of drug-likeness (QED) is 0.682. The summed E-state index contributed by atoms with van der Waals surface area (Å²) in [7, 11) is 0. The molecule has 2 aromatic rings. The van der Waals surface area contributed by atoms with E-state index in [2.05, 4.69) is 10.5 Å². The van der Waals surface area contributed by atoms with Gasteiger partial charge in [-0.05, 0) is 49.2 Å². The van der Waals surface area contributed by atoms with Gasteiger partial charge in [-0.3, -0.25) is 4.79 Å². The van der Waals surface area contributed by atoms with E-state index in [1.54, 1.807) is 6.21 Å². The van der Waals surface area contributed by atoms with Crippen LogP contribution in [0.15, 0.2) is 47.6 Å². The molecule has 0 aromatic heterocycles. The van der Waals surface area contributed by atoms with Crippen LogP contribution in [0.25, 0.3) is 0 Å². The van der Waals surface area contributed by atoms with Gasteiger partial charge in [0, 0.05) is 0 Å². The Balaban J connectivity index is 1.82. The average molecular weight is 300 g/mol. The van der Waals surface area contributed by atoms with E-state index in [0.29, 0.717) is 5.75 Å². The zero-order chi connectivity index (χ0) is 15.9. The third kappa shape index (κ3) is 4.70. The van der Waals surface area contributed by atoms with Crippen LogP contribution < -0.4 is 10.2 Å². The van der Waals surface area contributed by atoms with Crippen LogP contribution in [0.2, 0.25) is 0 Å². The largest absolute Gasteiger partial charge is 0.484 e. The summed E-state index contributed by atoms with van der Waals surface area (Å²) < 4.78 is 17.9. The summed E-state index contributed by atoms with van der Waals surface area (Å²) in [6.07, 6.45) is 1.59. The van der Waals surface area contributed by atoms with Crippen molar-refractivity contribution >= 4 is 12.1 Å². The Morgan fingerprint density at radius 2 is 1.95 bits per heavy atom. The van der Waals surface area contributed by atoms with Gasteiger partial charge in [0.25, 0.3) is 5.91 Å². The molecule has 1 N–H and O–H groups in total. The summed E-state index contributed by atoms with van der Waals surface area (Å²) in [5.74, 6) is -0.310. The molecule has 0 aliphatic carbocycles. The molecule has 4 nitrogen and oxygen atoms in total. The molecule has 114 valence electrons. The van der Waals surface area contributed by atoms with Crippen LogP contribution in [0.3, 0.4) is 0 Å². The minimum atomic E-state index is -0.384. The molecule has 1 amide bonds. The van der Waals surface area contributed by atoms with E-state index in [9.17, 15) is 9.18 Å². The van der Waals surface area contributed by atoms with E-state index < -0.39 is 0 Å². The monoisotopic (exact) mass is 300 g/mol. The topological polar surface area (TPSA) is 50.7 Å². The van der Waals surface area contributed by atoms with Gasteiger partial charge >= 0.3 is 0 Å². The number of hydrogen-bond acceptors (Lipinski definition) is 3. The molecular formula is C17H17FN2O2. The summed E-state index contributed by atoms with van der Waals surface area (Å²) in [5, 5.41) is 3.89. The van der Waals surface area contributed by atoms with Crippen molar-refractivity contribution in [1.29, 1.82) is 0 Å². The Morgan fingerprint density at radius 3 is 2.64 bits per heavy atom. The lowest BCUT2D eigenvalue weighted by Crippen LogP contribution is -2.24. The highest BCUT2D eigenvalue weighted by molar-refractivity contribution is 5.84. The highest BCUT2D eigenvalue weighted by Crippen LogP contribution is 2.10. The summed E-state index contributed by atoms with van der Waals surface area (Å²) in [4.78, 5) is 11.6. The Morgan fingerprint density at radius 1 is 1.23 bits per heavy atom. The maximum absolute atomic E-state index is 12.7. The summed E-state index contributed by atoms with van der Waals surface area (Å²) in [5.41, 5.74) is 5.58. The molecule has 0 aliphatic rings. The highest BCUT2D eigenvalue weighted by atomic mass is 19.1. The van der Waals surface area contributed by atoms with Crippen LogP contribution in [-0.2, 0) is 4.79 Å². The molecule has 0 saturated carbocycles. The number of hydrogen-bond donors (Lipinski definition) is 1. The van der Waals surface area contributed by atoms with Crippen LogP contribution in [-0.4, -0.2) is 18.7 Å². The first-order valence-corrected chi connectivity index (χ1v) is 6.82. The molecule has 5 heteroatoms. The fourth-order valence-electron chi connectivity index (χ4n) is 1.86. The van der Waals surface area contributed by atoms with Gasteiger partial charge in [-0.15, -0.1) is 0 Å². The Labute approximate surface area is 128 Å². The molecule has 0 radical (unpaired) electrons. The first-order valence-electron chi connectivity index (χ1n) is 6.82. The number of aryl methyl sites for hydroxylation is 2. The Kier molecular flexibility index (Phi) is 5.25. The first-order chi connectivity index (χ1) is 10.5. The van der Waals surface area contributed by atoms with Gasteiger partial charge in [-0.25, -0.2) is 9.82 Å². The predicted molar refractivity (Wildman–Crippen MR) is 83.5 cm³/mol. The molecular weight excluding hydrogens is 283 g/mol. The number of ether oxygens (including phenoxy) is 1. The molecule has 2 aromatic carbocycles. The van der Waals surface area contributed by atoms with Crippen molar-refractivity contribution in [3.05, 3.63) is 65.0 Å². The molecule has 0 bridgehead atoms. The van der Waals surface area contributed by atoms with Crippen molar-refractivity contribution in [3.63, 3.8) is 0 Å². The minimum absolute atomic E-state index is 0.185. The molecule has 22 heavy (non-hydrogen) atoms. The van der Waals surface area contributed by atoms with Crippen molar-refractivity contribution in [2.75, 3.05) is 6.61 Å². The van der Waals surface area contributed by atoms with Crippen LogP contribution in [0.1, 0.15) is 16.7 Å². The van der Waals surface area contributed by atoms with Gasteiger partial charge < -0.3 is 4.74 Å². The number of benzene rings is 2. The molecule has 0 heterocycles. The average Bonchev–Trinajstić information content (AvgIpc) is 2.49. The van der Waals surface area contributed by atoms with Crippen LogP contribution in [0, 0.1) is 19.7 Å². The molecule has 0 aliphatic heterocycles. The van der Waals surface area contributed by atoms with Gasteiger partial charge in [0.15, 0.2) is 6.61 Å². The highest BCUT2D eigenvalue weighted by Gasteiger charge is 2.02. The van der Waals surface area contributed by atoms with Crippen molar-refractivity contribution in [1.82, 2.24) is 5.43 Å². The molecule has 0 unspecified atom stereocenters. The number of carbonyl (C=O) groups is 1. The van der Waals surface area contributed by atoms with Crippen molar-refractivity contribution in [2.24, 2.45) is 5.10 Å². The lowest BCUT2D eigenvalue weighted by Gasteiger charge is -2.05. The van der Waals surface area contributed by atoms with Gasteiger partial charge in [0.05, 0.1) is 6.21 Å². The van der Waals surface area contributed by atoms with Gasteiger partial charge in [-0.1, -0.05) is 23.8 Å². The molecule has 0 spiro atoms. The number of nitrogens with one attached hydrogen (secondary N) is 1.